The molecule has 1 saturated carbocycles. The zero-order valence-electron chi connectivity index (χ0n) is 16.6. The molecule has 1 aromatic carbocycles. The van der Waals surface area contributed by atoms with Gasteiger partial charge in [0, 0.05) is 21.7 Å². The highest BCUT2D eigenvalue weighted by Crippen LogP contribution is 2.45. The van der Waals surface area contributed by atoms with Gasteiger partial charge >= 0.3 is 0 Å². The minimum atomic E-state index is 0.192. The van der Waals surface area contributed by atoms with Crippen LogP contribution >= 0.6 is 46.3 Å². The van der Waals surface area contributed by atoms with Crippen LogP contribution in [0.15, 0.2) is 34.7 Å². The zero-order valence-corrected chi connectivity index (χ0v) is 19.7. The van der Waals surface area contributed by atoms with Gasteiger partial charge in [0.25, 0.3) is 0 Å². The Kier molecular flexibility index (Phi) is 7.15. The number of hydrogen-bond acceptors (Lipinski definition) is 5. The molecule has 0 aliphatic heterocycles. The Hall–Kier alpha value is -2.09. The first-order valence-electron chi connectivity index (χ1n) is 9.94. The second kappa shape index (κ2) is 10.0. The predicted molar refractivity (Wildman–Crippen MR) is 128 cm³/mol. The summed E-state index contributed by atoms with van der Waals surface area (Å²) in [6.07, 6.45) is 5.39. The summed E-state index contributed by atoms with van der Waals surface area (Å²) in [7, 11) is 0. The van der Waals surface area contributed by atoms with Gasteiger partial charge in [-0.1, -0.05) is 66.4 Å². The summed E-state index contributed by atoms with van der Waals surface area (Å²) in [5, 5.41) is 14.3. The molecular weight excluding hydrogens is 467 g/mol. The number of pyridine rings is 1. The molecular formula is C23H18Cl2N4S2. The number of hydrogen-bond donors (Lipinski definition) is 0. The highest BCUT2D eigenvalue weighted by atomic mass is 35.5. The van der Waals surface area contributed by atoms with Crippen LogP contribution in [0.5, 0.6) is 0 Å². The van der Waals surface area contributed by atoms with E-state index >= 15 is 0 Å². The van der Waals surface area contributed by atoms with Crippen LogP contribution in [-0.4, -0.2) is 9.97 Å². The average molecular weight is 485 g/mol. The van der Waals surface area contributed by atoms with E-state index in [1.165, 1.54) is 18.2 Å². The molecule has 3 aromatic rings. The number of thioether (sulfide) groups is 1. The Bertz CT molecular complexity index is 1170. The van der Waals surface area contributed by atoms with E-state index in [2.05, 4.69) is 15.9 Å². The highest BCUT2D eigenvalue weighted by molar-refractivity contribution is 7.98. The normalized spacial score (nSPS) is 14.2. The maximum absolute atomic E-state index is 9.94. The van der Waals surface area contributed by atoms with Crippen LogP contribution in [0.25, 0.3) is 15.4 Å². The SMILES string of the molecule is [C-]#[N+]c1c(Cl)nc(SCc2csc(-c3ccc(Cl)cc3)n2)c(C#N)c1C1CCCCC1. The van der Waals surface area contributed by atoms with Crippen molar-refractivity contribution in [2.45, 2.75) is 48.8 Å². The van der Waals surface area contributed by atoms with Crippen molar-refractivity contribution < 1.29 is 0 Å². The van der Waals surface area contributed by atoms with E-state index in [1.54, 1.807) is 11.3 Å². The third-order valence-electron chi connectivity index (χ3n) is 5.37. The van der Waals surface area contributed by atoms with E-state index in [0.717, 1.165) is 47.5 Å². The first kappa shape index (κ1) is 22.1. The van der Waals surface area contributed by atoms with Gasteiger partial charge in [-0.25, -0.2) is 14.8 Å². The lowest BCUT2D eigenvalue weighted by Gasteiger charge is -2.25. The van der Waals surface area contributed by atoms with Crippen LogP contribution in [0.4, 0.5) is 5.69 Å². The quantitative estimate of drug-likeness (QED) is 0.207. The van der Waals surface area contributed by atoms with E-state index in [1.807, 2.05) is 29.6 Å². The Morgan fingerprint density at radius 3 is 2.58 bits per heavy atom. The number of rotatable bonds is 5. The topological polar surface area (TPSA) is 53.9 Å². The molecule has 0 N–H and O–H groups in total. The fourth-order valence-corrected chi connectivity index (χ4v) is 6.12. The minimum absolute atomic E-state index is 0.192. The van der Waals surface area contributed by atoms with E-state index in [9.17, 15) is 5.26 Å². The highest BCUT2D eigenvalue weighted by Gasteiger charge is 2.27. The third kappa shape index (κ3) is 4.89. The summed E-state index contributed by atoms with van der Waals surface area (Å²) >= 11 is 15.4. The lowest BCUT2D eigenvalue weighted by Crippen LogP contribution is -2.08. The molecule has 1 aliphatic carbocycles. The van der Waals surface area contributed by atoms with Crippen molar-refractivity contribution in [1.82, 2.24) is 9.97 Å². The number of halogens is 2. The molecule has 0 bridgehead atoms. The molecule has 2 aromatic heterocycles. The van der Waals surface area contributed by atoms with Gasteiger partial charge in [-0.05, 0) is 36.5 Å². The molecule has 1 aliphatic rings. The van der Waals surface area contributed by atoms with Gasteiger partial charge in [0.2, 0.25) is 5.69 Å². The monoisotopic (exact) mass is 484 g/mol. The van der Waals surface area contributed by atoms with Gasteiger partial charge in [0.15, 0.2) is 0 Å². The van der Waals surface area contributed by atoms with Crippen molar-refractivity contribution in [3.05, 3.63) is 68.1 Å². The summed E-state index contributed by atoms with van der Waals surface area (Å²) < 4.78 is 0. The maximum atomic E-state index is 9.94. The van der Waals surface area contributed by atoms with Gasteiger partial charge in [0.05, 0.1) is 17.8 Å². The largest absolute Gasteiger partial charge is 0.240 e. The molecule has 156 valence electrons. The van der Waals surface area contributed by atoms with Crippen molar-refractivity contribution in [1.29, 1.82) is 5.26 Å². The number of benzene rings is 1. The van der Waals surface area contributed by atoms with E-state index in [4.69, 9.17) is 34.8 Å². The summed E-state index contributed by atoms with van der Waals surface area (Å²) in [6.45, 7) is 7.59. The summed E-state index contributed by atoms with van der Waals surface area (Å²) in [5.74, 6) is 0.770. The number of thiazole rings is 1. The van der Waals surface area contributed by atoms with Gasteiger partial charge in [-0.3, -0.25) is 0 Å². The van der Waals surface area contributed by atoms with E-state index < -0.39 is 0 Å². The smallest absolute Gasteiger partial charge is 0.228 e. The van der Waals surface area contributed by atoms with Crippen molar-refractivity contribution >= 4 is 52.0 Å². The van der Waals surface area contributed by atoms with Gasteiger partial charge in [-0.15, -0.1) is 11.3 Å². The van der Waals surface area contributed by atoms with E-state index in [0.29, 0.717) is 27.1 Å². The van der Waals surface area contributed by atoms with Crippen LogP contribution in [0, 0.1) is 17.9 Å². The third-order valence-corrected chi connectivity index (χ3v) is 7.83. The summed E-state index contributed by atoms with van der Waals surface area (Å²) in [4.78, 5) is 12.8. The molecule has 4 nitrogen and oxygen atoms in total. The molecule has 0 radical (unpaired) electrons. The van der Waals surface area contributed by atoms with E-state index in [-0.39, 0.29) is 11.1 Å². The summed E-state index contributed by atoms with van der Waals surface area (Å²) in [5.41, 5.74) is 3.56. The molecule has 0 atom stereocenters. The maximum Gasteiger partial charge on any atom is 0.228 e. The molecule has 0 saturated heterocycles. The van der Waals surface area contributed by atoms with Crippen molar-refractivity contribution in [2.75, 3.05) is 0 Å². The lowest BCUT2D eigenvalue weighted by atomic mass is 9.82. The molecule has 0 unspecified atom stereocenters. The van der Waals surface area contributed by atoms with Crippen LogP contribution in [0.1, 0.15) is 54.8 Å². The van der Waals surface area contributed by atoms with Gasteiger partial charge in [-0.2, -0.15) is 5.26 Å². The first-order valence-corrected chi connectivity index (χ1v) is 12.6. The fraction of sp³-hybridized carbons (Fsp3) is 0.304. The second-order valence-corrected chi connectivity index (χ2v) is 9.96. The number of aromatic nitrogens is 2. The lowest BCUT2D eigenvalue weighted by molar-refractivity contribution is 0.443. The molecule has 1 fully saturated rings. The molecule has 4 rings (SSSR count). The van der Waals surface area contributed by atoms with Crippen molar-refractivity contribution in [3.8, 4) is 16.6 Å². The Balaban J connectivity index is 1.60. The Morgan fingerprint density at radius 1 is 1.16 bits per heavy atom. The average Bonchev–Trinajstić information content (AvgIpc) is 3.27. The van der Waals surface area contributed by atoms with Crippen LogP contribution in [0.3, 0.4) is 0 Å². The number of nitriles is 1. The van der Waals surface area contributed by atoms with Crippen LogP contribution in [-0.2, 0) is 5.75 Å². The predicted octanol–water partition coefficient (Wildman–Crippen LogP) is 8.27. The molecule has 2 heterocycles. The standard InChI is InChI=1S/C23H18Cl2N4S2/c1-27-20-19(14-5-3-2-4-6-14)18(11-26)23(29-21(20)25)31-13-17-12-30-22(28-17)15-7-9-16(24)10-8-15/h7-10,12,14H,2-6,13H2. The Labute approximate surface area is 200 Å². The van der Waals surface area contributed by atoms with Crippen molar-refractivity contribution in [3.63, 3.8) is 0 Å². The molecule has 0 amide bonds. The fourth-order valence-electron chi connectivity index (χ4n) is 3.89. The van der Waals surface area contributed by atoms with Gasteiger partial charge < -0.3 is 0 Å². The molecule has 0 spiro atoms. The first-order chi connectivity index (χ1) is 15.1. The zero-order chi connectivity index (χ0) is 21.8. The summed E-state index contributed by atoms with van der Waals surface area (Å²) in [6, 6.07) is 9.92. The van der Waals surface area contributed by atoms with Crippen LogP contribution < -0.4 is 0 Å². The number of nitrogens with zero attached hydrogens (tertiary/aromatic N) is 4. The van der Waals surface area contributed by atoms with Crippen LogP contribution in [0.2, 0.25) is 10.2 Å². The van der Waals surface area contributed by atoms with Crippen molar-refractivity contribution in [2.24, 2.45) is 0 Å². The molecule has 8 heteroatoms. The second-order valence-electron chi connectivity index (χ2n) is 7.34. The molecule has 31 heavy (non-hydrogen) atoms. The van der Waals surface area contributed by atoms with Gasteiger partial charge in [0.1, 0.15) is 21.3 Å². The Morgan fingerprint density at radius 2 is 1.90 bits per heavy atom. The minimum Gasteiger partial charge on any atom is -0.240 e.